The highest BCUT2D eigenvalue weighted by Crippen LogP contribution is 2.24. The summed E-state index contributed by atoms with van der Waals surface area (Å²) in [5, 5.41) is 11.7. The molecular weight excluding hydrogens is 244 g/mol. The summed E-state index contributed by atoms with van der Waals surface area (Å²) in [6.45, 7) is 9.92. The van der Waals surface area contributed by atoms with Crippen molar-refractivity contribution < 1.29 is 14.3 Å². The highest BCUT2D eigenvalue weighted by atomic mass is 16.4. The second kappa shape index (κ2) is 6.19. The van der Waals surface area contributed by atoms with E-state index in [0.717, 1.165) is 11.5 Å². The Labute approximate surface area is 114 Å². The number of aryl methyl sites for hydroxylation is 2. The van der Waals surface area contributed by atoms with Crippen LogP contribution in [0.5, 0.6) is 0 Å². The lowest BCUT2D eigenvalue weighted by atomic mass is 9.97. The third kappa shape index (κ3) is 5.03. The largest absolute Gasteiger partial charge is 0.445 e. The van der Waals surface area contributed by atoms with Gasteiger partial charge in [-0.3, -0.25) is 4.79 Å². The lowest BCUT2D eigenvalue weighted by Crippen LogP contribution is -2.30. The van der Waals surface area contributed by atoms with Crippen LogP contribution < -0.4 is 5.32 Å². The average Bonchev–Trinajstić information content (AvgIpc) is 2.65. The molecule has 0 fully saturated rings. The number of nitrogens with one attached hydrogen (secondary N) is 1. The molecule has 108 valence electrons. The minimum absolute atomic E-state index is 0.0889. The van der Waals surface area contributed by atoms with Gasteiger partial charge in [-0.1, -0.05) is 20.8 Å². The fourth-order valence-electron chi connectivity index (χ4n) is 1.56. The summed E-state index contributed by atoms with van der Waals surface area (Å²) in [5.74, 6) is 1.37. The van der Waals surface area contributed by atoms with Gasteiger partial charge >= 0.3 is 0 Å². The van der Waals surface area contributed by atoms with Crippen molar-refractivity contribution in [1.29, 1.82) is 0 Å². The number of carbonyl (C=O) groups excluding carboxylic acids is 1. The highest BCUT2D eigenvalue weighted by Gasteiger charge is 2.22. The van der Waals surface area contributed by atoms with E-state index in [1.807, 2.05) is 27.7 Å². The Balaban J connectivity index is 2.54. The molecule has 1 unspecified atom stereocenters. The molecule has 0 saturated heterocycles. The Kier molecular flexibility index (Phi) is 5.11. The Hall–Kier alpha value is -1.36. The van der Waals surface area contributed by atoms with Crippen molar-refractivity contribution in [3.05, 3.63) is 17.3 Å². The SMILES string of the molecule is Cc1nc(C(C)(C)C)oc1CCC(=O)NCC(C)O. The third-order valence-corrected chi connectivity index (χ3v) is 2.71. The summed E-state index contributed by atoms with van der Waals surface area (Å²) in [6.07, 6.45) is 0.343. The van der Waals surface area contributed by atoms with Crippen LogP contribution in [-0.2, 0) is 16.6 Å². The van der Waals surface area contributed by atoms with Crippen LogP contribution in [0.3, 0.4) is 0 Å². The molecule has 0 aliphatic heterocycles. The number of nitrogens with zero attached hydrogens (tertiary/aromatic N) is 1. The monoisotopic (exact) mass is 268 g/mol. The number of rotatable bonds is 5. The molecule has 1 aromatic rings. The van der Waals surface area contributed by atoms with E-state index in [9.17, 15) is 4.79 Å². The predicted molar refractivity (Wildman–Crippen MR) is 73.0 cm³/mol. The average molecular weight is 268 g/mol. The van der Waals surface area contributed by atoms with Gasteiger partial charge in [0.15, 0.2) is 5.89 Å². The Morgan fingerprint density at radius 1 is 1.47 bits per heavy atom. The molecule has 0 spiro atoms. The van der Waals surface area contributed by atoms with Crippen molar-refractivity contribution in [3.63, 3.8) is 0 Å². The van der Waals surface area contributed by atoms with Crippen LogP contribution in [0.15, 0.2) is 4.42 Å². The lowest BCUT2D eigenvalue weighted by Gasteiger charge is -2.12. The first kappa shape index (κ1) is 15.7. The van der Waals surface area contributed by atoms with Crippen LogP contribution in [0, 0.1) is 6.92 Å². The minimum Gasteiger partial charge on any atom is -0.445 e. The number of amides is 1. The summed E-state index contributed by atoms with van der Waals surface area (Å²) in [4.78, 5) is 15.9. The maximum absolute atomic E-state index is 11.6. The number of hydrogen-bond donors (Lipinski definition) is 2. The molecular formula is C14H24N2O3. The van der Waals surface area contributed by atoms with Gasteiger partial charge in [-0.15, -0.1) is 0 Å². The second-order valence-electron chi connectivity index (χ2n) is 5.93. The summed E-state index contributed by atoms with van der Waals surface area (Å²) in [7, 11) is 0. The van der Waals surface area contributed by atoms with E-state index >= 15 is 0 Å². The molecule has 0 aliphatic carbocycles. The van der Waals surface area contributed by atoms with Crippen molar-refractivity contribution in [2.75, 3.05) is 6.54 Å². The first-order valence-corrected chi connectivity index (χ1v) is 6.61. The lowest BCUT2D eigenvalue weighted by molar-refractivity contribution is -0.121. The quantitative estimate of drug-likeness (QED) is 0.852. The molecule has 1 aromatic heterocycles. The zero-order valence-electron chi connectivity index (χ0n) is 12.4. The number of hydrogen-bond acceptors (Lipinski definition) is 4. The number of aliphatic hydroxyl groups is 1. The van der Waals surface area contributed by atoms with Gasteiger partial charge in [-0.05, 0) is 13.8 Å². The Morgan fingerprint density at radius 2 is 2.11 bits per heavy atom. The third-order valence-electron chi connectivity index (χ3n) is 2.71. The van der Waals surface area contributed by atoms with Crippen molar-refractivity contribution in [3.8, 4) is 0 Å². The summed E-state index contributed by atoms with van der Waals surface area (Å²) >= 11 is 0. The molecule has 5 nitrogen and oxygen atoms in total. The van der Waals surface area contributed by atoms with Crippen LogP contribution in [0.1, 0.15) is 51.5 Å². The van der Waals surface area contributed by atoms with Crippen LogP contribution in [0.25, 0.3) is 0 Å². The molecule has 1 heterocycles. The summed E-state index contributed by atoms with van der Waals surface area (Å²) < 4.78 is 5.71. The Bertz CT molecular complexity index is 430. The van der Waals surface area contributed by atoms with E-state index in [1.165, 1.54) is 0 Å². The molecule has 0 radical (unpaired) electrons. The van der Waals surface area contributed by atoms with Crippen molar-refractivity contribution >= 4 is 5.91 Å². The fourth-order valence-corrected chi connectivity index (χ4v) is 1.56. The minimum atomic E-state index is -0.525. The van der Waals surface area contributed by atoms with E-state index in [4.69, 9.17) is 9.52 Å². The summed E-state index contributed by atoms with van der Waals surface area (Å²) in [6, 6.07) is 0. The first-order valence-electron chi connectivity index (χ1n) is 6.61. The second-order valence-corrected chi connectivity index (χ2v) is 5.93. The summed E-state index contributed by atoms with van der Waals surface area (Å²) in [5.41, 5.74) is 0.714. The van der Waals surface area contributed by atoms with Crippen LogP contribution in [-0.4, -0.2) is 28.6 Å². The van der Waals surface area contributed by atoms with E-state index in [1.54, 1.807) is 6.92 Å². The van der Waals surface area contributed by atoms with Gasteiger partial charge in [0.25, 0.3) is 0 Å². The fraction of sp³-hybridized carbons (Fsp3) is 0.714. The maximum atomic E-state index is 11.6. The van der Waals surface area contributed by atoms with Crippen molar-refractivity contribution in [2.24, 2.45) is 0 Å². The molecule has 2 N–H and O–H groups in total. The van der Waals surface area contributed by atoms with Gasteiger partial charge in [0.2, 0.25) is 5.91 Å². The molecule has 0 bridgehead atoms. The van der Waals surface area contributed by atoms with Gasteiger partial charge in [0, 0.05) is 24.8 Å². The smallest absolute Gasteiger partial charge is 0.220 e. The van der Waals surface area contributed by atoms with Gasteiger partial charge in [0.1, 0.15) is 5.76 Å². The molecule has 0 saturated carbocycles. The van der Waals surface area contributed by atoms with Gasteiger partial charge in [-0.2, -0.15) is 0 Å². The molecule has 1 rings (SSSR count). The molecule has 0 aromatic carbocycles. The first-order chi connectivity index (χ1) is 8.70. The number of aliphatic hydroxyl groups excluding tert-OH is 1. The van der Waals surface area contributed by atoms with Crippen LogP contribution in [0.2, 0.25) is 0 Å². The van der Waals surface area contributed by atoms with Gasteiger partial charge < -0.3 is 14.8 Å². The normalized spacial score (nSPS) is 13.4. The molecule has 1 amide bonds. The van der Waals surface area contributed by atoms with E-state index < -0.39 is 6.10 Å². The topological polar surface area (TPSA) is 75.4 Å². The molecule has 1 atom stereocenters. The van der Waals surface area contributed by atoms with Crippen LogP contribution in [0.4, 0.5) is 0 Å². The standard InChI is InChI=1S/C14H24N2O3/c1-9(17)8-15-12(18)7-6-11-10(2)16-13(19-11)14(3,4)5/h9,17H,6-8H2,1-5H3,(H,15,18). The van der Waals surface area contributed by atoms with E-state index in [2.05, 4.69) is 10.3 Å². The number of aromatic nitrogens is 1. The maximum Gasteiger partial charge on any atom is 0.220 e. The van der Waals surface area contributed by atoms with Gasteiger partial charge in [0.05, 0.1) is 11.8 Å². The predicted octanol–water partition coefficient (Wildman–Crippen LogP) is 1.71. The van der Waals surface area contributed by atoms with Crippen molar-refractivity contribution in [2.45, 2.75) is 59.0 Å². The number of oxazole rings is 1. The van der Waals surface area contributed by atoms with Crippen molar-refractivity contribution in [1.82, 2.24) is 10.3 Å². The number of carbonyl (C=O) groups is 1. The van der Waals surface area contributed by atoms with E-state index in [0.29, 0.717) is 18.7 Å². The van der Waals surface area contributed by atoms with Gasteiger partial charge in [-0.25, -0.2) is 4.98 Å². The van der Waals surface area contributed by atoms with E-state index in [-0.39, 0.29) is 17.9 Å². The zero-order chi connectivity index (χ0) is 14.6. The molecule has 19 heavy (non-hydrogen) atoms. The molecule has 5 heteroatoms. The highest BCUT2D eigenvalue weighted by molar-refractivity contribution is 5.76. The Morgan fingerprint density at radius 3 is 2.58 bits per heavy atom. The molecule has 0 aliphatic rings. The van der Waals surface area contributed by atoms with Crippen LogP contribution >= 0.6 is 0 Å². The zero-order valence-corrected chi connectivity index (χ0v) is 12.4.